The van der Waals surface area contributed by atoms with Crippen LogP contribution in [-0.4, -0.2) is 40.1 Å². The van der Waals surface area contributed by atoms with Crippen molar-refractivity contribution >= 4 is 39.9 Å². The second kappa shape index (κ2) is 7.72. The summed E-state index contributed by atoms with van der Waals surface area (Å²) in [6, 6.07) is 8.54. The summed E-state index contributed by atoms with van der Waals surface area (Å²) in [7, 11) is 0. The van der Waals surface area contributed by atoms with Crippen LogP contribution in [0.15, 0.2) is 43.0 Å². The average Bonchev–Trinajstić information content (AvgIpc) is 2.64. The fourth-order valence-electron chi connectivity index (χ4n) is 3.70. The van der Waals surface area contributed by atoms with Crippen LogP contribution in [0.1, 0.15) is 25.3 Å². The predicted molar refractivity (Wildman–Crippen MR) is 115 cm³/mol. The molecule has 0 atom stereocenters. The number of hydrogen-bond donors (Lipinski definition) is 1. The van der Waals surface area contributed by atoms with Crippen molar-refractivity contribution in [2.75, 3.05) is 35.3 Å². The lowest BCUT2D eigenvalue weighted by molar-refractivity contribution is 0.456. The fourth-order valence-corrected chi connectivity index (χ4v) is 4.38. The molecule has 2 aromatic heterocycles. The van der Waals surface area contributed by atoms with E-state index in [4.69, 9.17) is 0 Å². The monoisotopic (exact) mass is 379 g/mol. The minimum Gasteiger partial charge on any atom is -0.370 e. The smallest absolute Gasteiger partial charge is 0.134 e. The SMILES string of the molecule is CSCC1CN(c2ccc(C(C)C)c3cc(Nc4ccncn4)ncc23)C1. The van der Waals surface area contributed by atoms with Gasteiger partial charge in [0, 0.05) is 42.5 Å². The molecule has 3 aromatic rings. The van der Waals surface area contributed by atoms with Crippen molar-refractivity contribution < 1.29 is 0 Å². The molecule has 1 N–H and O–H groups in total. The lowest BCUT2D eigenvalue weighted by Gasteiger charge is -2.41. The Morgan fingerprint density at radius 3 is 2.70 bits per heavy atom. The van der Waals surface area contributed by atoms with E-state index in [9.17, 15) is 0 Å². The second-order valence-corrected chi connectivity index (χ2v) is 8.30. The van der Waals surface area contributed by atoms with Gasteiger partial charge in [-0.15, -0.1) is 0 Å². The van der Waals surface area contributed by atoms with Crippen molar-refractivity contribution in [2.24, 2.45) is 5.92 Å². The minimum absolute atomic E-state index is 0.455. The maximum atomic E-state index is 4.66. The molecule has 0 unspecified atom stereocenters. The van der Waals surface area contributed by atoms with E-state index in [-0.39, 0.29) is 0 Å². The second-order valence-electron chi connectivity index (χ2n) is 7.39. The molecule has 1 fully saturated rings. The van der Waals surface area contributed by atoms with Crippen molar-refractivity contribution in [3.05, 3.63) is 48.5 Å². The summed E-state index contributed by atoms with van der Waals surface area (Å²) in [4.78, 5) is 15.3. The van der Waals surface area contributed by atoms with Gasteiger partial charge in [0.25, 0.3) is 0 Å². The van der Waals surface area contributed by atoms with E-state index in [2.05, 4.69) is 63.5 Å². The topological polar surface area (TPSA) is 53.9 Å². The number of pyridine rings is 1. The number of rotatable bonds is 6. The molecule has 0 radical (unpaired) electrons. The minimum atomic E-state index is 0.455. The normalized spacial score (nSPS) is 14.6. The first-order valence-electron chi connectivity index (χ1n) is 9.35. The van der Waals surface area contributed by atoms with E-state index in [0.29, 0.717) is 5.92 Å². The lowest BCUT2D eigenvalue weighted by Crippen LogP contribution is -2.48. The zero-order chi connectivity index (χ0) is 18.8. The Bertz CT molecular complexity index is 923. The molecule has 0 spiro atoms. The summed E-state index contributed by atoms with van der Waals surface area (Å²) >= 11 is 1.94. The van der Waals surface area contributed by atoms with Crippen molar-refractivity contribution in [1.82, 2.24) is 15.0 Å². The molecule has 1 saturated heterocycles. The predicted octanol–water partition coefficient (Wildman–Crippen LogP) is 4.69. The third kappa shape index (κ3) is 3.72. The number of aromatic nitrogens is 3. The van der Waals surface area contributed by atoms with Crippen LogP contribution < -0.4 is 10.2 Å². The molecule has 0 saturated carbocycles. The molecule has 5 nitrogen and oxygen atoms in total. The molecule has 1 aromatic carbocycles. The molecular weight excluding hydrogens is 354 g/mol. The van der Waals surface area contributed by atoms with E-state index in [1.807, 2.05) is 24.0 Å². The highest BCUT2D eigenvalue weighted by Gasteiger charge is 2.28. The zero-order valence-electron chi connectivity index (χ0n) is 16.0. The van der Waals surface area contributed by atoms with Gasteiger partial charge >= 0.3 is 0 Å². The lowest BCUT2D eigenvalue weighted by atomic mass is 9.93. The van der Waals surface area contributed by atoms with Gasteiger partial charge in [-0.3, -0.25) is 0 Å². The quantitative estimate of drug-likeness (QED) is 0.670. The van der Waals surface area contributed by atoms with Gasteiger partial charge in [0.1, 0.15) is 18.0 Å². The molecule has 1 aliphatic rings. The highest BCUT2D eigenvalue weighted by molar-refractivity contribution is 7.98. The van der Waals surface area contributed by atoms with Crippen LogP contribution in [0.4, 0.5) is 17.3 Å². The van der Waals surface area contributed by atoms with Crippen molar-refractivity contribution in [1.29, 1.82) is 0 Å². The van der Waals surface area contributed by atoms with Gasteiger partial charge in [0.15, 0.2) is 0 Å². The van der Waals surface area contributed by atoms with E-state index in [1.165, 1.54) is 34.1 Å². The molecule has 0 bridgehead atoms. The van der Waals surface area contributed by atoms with Crippen LogP contribution in [0.2, 0.25) is 0 Å². The van der Waals surface area contributed by atoms with Crippen molar-refractivity contribution in [2.45, 2.75) is 19.8 Å². The largest absolute Gasteiger partial charge is 0.370 e. The van der Waals surface area contributed by atoms with E-state index >= 15 is 0 Å². The fraction of sp³-hybridized carbons (Fsp3) is 0.381. The van der Waals surface area contributed by atoms with Gasteiger partial charge in [0.05, 0.1) is 0 Å². The summed E-state index contributed by atoms with van der Waals surface area (Å²) in [5.41, 5.74) is 2.65. The summed E-state index contributed by atoms with van der Waals surface area (Å²) in [6.07, 6.45) is 7.45. The third-order valence-corrected chi connectivity index (χ3v) is 5.88. The van der Waals surface area contributed by atoms with Crippen LogP contribution in [-0.2, 0) is 0 Å². The van der Waals surface area contributed by atoms with Crippen LogP contribution in [0.5, 0.6) is 0 Å². The Balaban J connectivity index is 1.69. The van der Waals surface area contributed by atoms with Crippen LogP contribution in [0.25, 0.3) is 10.8 Å². The van der Waals surface area contributed by atoms with Crippen LogP contribution in [0.3, 0.4) is 0 Å². The maximum absolute atomic E-state index is 4.66. The van der Waals surface area contributed by atoms with Crippen molar-refractivity contribution in [3.63, 3.8) is 0 Å². The highest BCUT2D eigenvalue weighted by Crippen LogP contribution is 2.37. The number of nitrogens with one attached hydrogen (secondary N) is 1. The van der Waals surface area contributed by atoms with Gasteiger partial charge in [-0.1, -0.05) is 19.9 Å². The molecule has 6 heteroatoms. The summed E-state index contributed by atoms with van der Waals surface area (Å²) < 4.78 is 0. The number of fused-ring (bicyclic) bond motifs is 1. The highest BCUT2D eigenvalue weighted by atomic mass is 32.2. The van der Waals surface area contributed by atoms with Gasteiger partial charge < -0.3 is 10.2 Å². The molecule has 27 heavy (non-hydrogen) atoms. The van der Waals surface area contributed by atoms with E-state index in [1.54, 1.807) is 6.20 Å². The van der Waals surface area contributed by atoms with E-state index < -0.39 is 0 Å². The molecule has 0 amide bonds. The van der Waals surface area contributed by atoms with Gasteiger partial charge in [-0.05, 0) is 47.1 Å². The van der Waals surface area contributed by atoms with Crippen LogP contribution in [0, 0.1) is 5.92 Å². The number of anilines is 3. The van der Waals surface area contributed by atoms with Crippen LogP contribution >= 0.6 is 11.8 Å². The molecule has 140 valence electrons. The average molecular weight is 380 g/mol. The number of hydrogen-bond acceptors (Lipinski definition) is 6. The first kappa shape index (κ1) is 18.0. The van der Waals surface area contributed by atoms with Gasteiger partial charge in [0.2, 0.25) is 0 Å². The molecular formula is C21H25N5S. The summed E-state index contributed by atoms with van der Waals surface area (Å²) in [6.45, 7) is 6.75. The van der Waals surface area contributed by atoms with E-state index in [0.717, 1.165) is 30.6 Å². The first-order chi connectivity index (χ1) is 13.2. The van der Waals surface area contributed by atoms with Gasteiger partial charge in [-0.2, -0.15) is 11.8 Å². The molecule has 0 aliphatic carbocycles. The zero-order valence-corrected chi connectivity index (χ0v) is 16.8. The third-order valence-electron chi connectivity index (χ3n) is 5.07. The Hall–Kier alpha value is -2.34. The first-order valence-corrected chi connectivity index (χ1v) is 10.7. The Morgan fingerprint density at radius 1 is 1.15 bits per heavy atom. The molecule has 4 rings (SSSR count). The number of thioether (sulfide) groups is 1. The molecule has 1 aliphatic heterocycles. The summed E-state index contributed by atoms with van der Waals surface area (Å²) in [5, 5.41) is 5.78. The molecule has 3 heterocycles. The van der Waals surface area contributed by atoms with Gasteiger partial charge in [-0.25, -0.2) is 15.0 Å². The Morgan fingerprint density at radius 2 is 2.00 bits per heavy atom. The Kier molecular flexibility index (Phi) is 5.16. The maximum Gasteiger partial charge on any atom is 0.134 e. The summed E-state index contributed by atoms with van der Waals surface area (Å²) in [5.74, 6) is 4.05. The Labute approximate surface area is 164 Å². The standard InChI is InChI=1S/C21H25N5S/c1-14(2)16-4-5-19(26-10-15(11-26)12-27-3)18-9-23-21(8-17(16)18)25-20-6-7-22-13-24-20/h4-9,13-15H,10-12H2,1-3H3,(H,22,23,24,25). The number of nitrogens with zero attached hydrogens (tertiary/aromatic N) is 4. The van der Waals surface area contributed by atoms with Crippen molar-refractivity contribution in [3.8, 4) is 0 Å². The number of benzene rings is 1.